The Morgan fingerprint density at radius 2 is 1.62 bits per heavy atom. The van der Waals surface area contributed by atoms with E-state index in [1.165, 1.54) is 44.7 Å². The standard InChI is InChI=1S/C18H15NO6S/c1-24-17(20)12-6-5-7-13(10-12)26(22,23)19-11-15(18(21)25-2)14-8-3-4-9-16(14)19/h3-11H,1-2H3. The summed E-state index contributed by atoms with van der Waals surface area (Å²) in [5.74, 6) is -1.28. The molecule has 0 amide bonds. The van der Waals surface area contributed by atoms with Crippen molar-refractivity contribution in [1.29, 1.82) is 0 Å². The smallest absolute Gasteiger partial charge is 0.340 e. The third kappa shape index (κ3) is 2.84. The highest BCUT2D eigenvalue weighted by Crippen LogP contribution is 2.27. The highest BCUT2D eigenvalue weighted by Gasteiger charge is 2.24. The van der Waals surface area contributed by atoms with Crippen LogP contribution in [0, 0.1) is 0 Å². The summed E-state index contributed by atoms with van der Waals surface area (Å²) in [5, 5.41) is 0.451. The van der Waals surface area contributed by atoms with Crippen LogP contribution in [0.5, 0.6) is 0 Å². The van der Waals surface area contributed by atoms with E-state index in [9.17, 15) is 18.0 Å². The molecule has 0 saturated heterocycles. The lowest BCUT2D eigenvalue weighted by atomic mass is 10.2. The SMILES string of the molecule is COC(=O)c1cccc(S(=O)(=O)n2cc(C(=O)OC)c3ccccc32)c1. The van der Waals surface area contributed by atoms with E-state index in [-0.39, 0.29) is 16.0 Å². The summed E-state index contributed by atoms with van der Waals surface area (Å²) >= 11 is 0. The van der Waals surface area contributed by atoms with E-state index in [0.717, 1.165) is 3.97 Å². The Hall–Kier alpha value is -3.13. The zero-order chi connectivity index (χ0) is 18.9. The van der Waals surface area contributed by atoms with Crippen LogP contribution >= 0.6 is 0 Å². The number of carbonyl (C=O) groups excluding carboxylic acids is 2. The first-order chi connectivity index (χ1) is 12.4. The van der Waals surface area contributed by atoms with Crippen molar-refractivity contribution in [1.82, 2.24) is 3.97 Å². The molecule has 1 aromatic heterocycles. The number of fused-ring (bicyclic) bond motifs is 1. The maximum absolute atomic E-state index is 13.1. The highest BCUT2D eigenvalue weighted by atomic mass is 32.2. The second-order valence-corrected chi connectivity index (χ2v) is 7.19. The highest BCUT2D eigenvalue weighted by molar-refractivity contribution is 7.90. The van der Waals surface area contributed by atoms with Crippen molar-refractivity contribution in [2.24, 2.45) is 0 Å². The number of methoxy groups -OCH3 is 2. The van der Waals surface area contributed by atoms with Crippen LogP contribution in [-0.4, -0.2) is 38.5 Å². The molecule has 26 heavy (non-hydrogen) atoms. The molecule has 0 unspecified atom stereocenters. The molecule has 0 atom stereocenters. The molecule has 0 radical (unpaired) electrons. The molecule has 0 bridgehead atoms. The summed E-state index contributed by atoms with van der Waals surface area (Å²) in [7, 11) is -1.61. The number of para-hydroxylation sites is 1. The third-order valence-electron chi connectivity index (χ3n) is 3.90. The fourth-order valence-corrected chi connectivity index (χ4v) is 4.05. The Kier molecular flexibility index (Phi) is 4.52. The first-order valence-corrected chi connectivity index (χ1v) is 8.96. The van der Waals surface area contributed by atoms with Gasteiger partial charge in [-0.05, 0) is 24.3 Å². The third-order valence-corrected chi connectivity index (χ3v) is 5.56. The topological polar surface area (TPSA) is 91.7 Å². The lowest BCUT2D eigenvalue weighted by molar-refractivity contribution is 0.0592. The second-order valence-electron chi connectivity index (χ2n) is 5.37. The monoisotopic (exact) mass is 373 g/mol. The Labute approximate surface area is 149 Å². The minimum atomic E-state index is -4.05. The van der Waals surface area contributed by atoms with Crippen molar-refractivity contribution >= 4 is 32.9 Å². The largest absolute Gasteiger partial charge is 0.465 e. The average Bonchev–Trinajstić information content (AvgIpc) is 3.07. The van der Waals surface area contributed by atoms with Gasteiger partial charge in [0.15, 0.2) is 0 Å². The van der Waals surface area contributed by atoms with Crippen LogP contribution in [0.15, 0.2) is 59.6 Å². The van der Waals surface area contributed by atoms with Gasteiger partial charge < -0.3 is 9.47 Å². The normalized spacial score (nSPS) is 11.3. The molecule has 0 spiro atoms. The number of esters is 2. The van der Waals surface area contributed by atoms with E-state index >= 15 is 0 Å². The predicted octanol–water partition coefficient (Wildman–Crippen LogP) is 2.45. The van der Waals surface area contributed by atoms with Crippen LogP contribution in [0.25, 0.3) is 10.9 Å². The minimum Gasteiger partial charge on any atom is -0.465 e. The van der Waals surface area contributed by atoms with Gasteiger partial charge in [0.1, 0.15) is 0 Å². The first-order valence-electron chi connectivity index (χ1n) is 7.52. The van der Waals surface area contributed by atoms with E-state index in [1.807, 2.05) is 0 Å². The zero-order valence-electron chi connectivity index (χ0n) is 14.0. The van der Waals surface area contributed by atoms with Crippen LogP contribution < -0.4 is 0 Å². The predicted molar refractivity (Wildman–Crippen MR) is 93.6 cm³/mol. The number of hydrogen-bond donors (Lipinski definition) is 0. The van der Waals surface area contributed by atoms with Crippen molar-refractivity contribution in [3.8, 4) is 0 Å². The fraction of sp³-hybridized carbons (Fsp3) is 0.111. The number of ether oxygens (including phenoxy) is 2. The Bertz CT molecular complexity index is 1110. The summed E-state index contributed by atoms with van der Waals surface area (Å²) < 4.78 is 36.6. The van der Waals surface area contributed by atoms with Gasteiger partial charge in [-0.15, -0.1) is 0 Å². The quantitative estimate of drug-likeness (QED) is 0.653. The van der Waals surface area contributed by atoms with Gasteiger partial charge in [-0.25, -0.2) is 22.0 Å². The van der Waals surface area contributed by atoms with Crippen LogP contribution in [0.4, 0.5) is 0 Å². The van der Waals surface area contributed by atoms with E-state index in [2.05, 4.69) is 4.74 Å². The number of rotatable bonds is 4. The number of carbonyl (C=O) groups is 2. The summed E-state index contributed by atoms with van der Waals surface area (Å²) in [4.78, 5) is 23.6. The molecule has 0 aliphatic carbocycles. The van der Waals surface area contributed by atoms with E-state index in [1.54, 1.807) is 24.3 Å². The summed E-state index contributed by atoms with van der Waals surface area (Å²) in [5.41, 5.74) is 0.574. The second kappa shape index (κ2) is 6.64. The van der Waals surface area contributed by atoms with Gasteiger partial charge in [0.05, 0.1) is 35.8 Å². The van der Waals surface area contributed by atoms with Crippen LogP contribution in [0.1, 0.15) is 20.7 Å². The Morgan fingerprint density at radius 1 is 0.923 bits per heavy atom. The molecular formula is C18H15NO6S. The van der Waals surface area contributed by atoms with Gasteiger partial charge in [0, 0.05) is 11.6 Å². The average molecular weight is 373 g/mol. The molecule has 7 nitrogen and oxygen atoms in total. The Balaban J connectivity index is 2.23. The molecular weight excluding hydrogens is 358 g/mol. The number of aromatic nitrogens is 1. The van der Waals surface area contributed by atoms with Crippen LogP contribution in [0.3, 0.4) is 0 Å². The van der Waals surface area contributed by atoms with Crippen LogP contribution in [-0.2, 0) is 19.5 Å². The number of benzene rings is 2. The van der Waals surface area contributed by atoms with Gasteiger partial charge in [-0.1, -0.05) is 24.3 Å². The summed E-state index contributed by atoms with van der Waals surface area (Å²) in [6, 6.07) is 12.1. The van der Waals surface area contributed by atoms with E-state index in [0.29, 0.717) is 10.9 Å². The molecule has 2 aromatic carbocycles. The maximum atomic E-state index is 13.1. The number of nitrogens with zero attached hydrogens (tertiary/aromatic N) is 1. The molecule has 3 rings (SSSR count). The first kappa shape index (κ1) is 17.7. The lowest BCUT2D eigenvalue weighted by Gasteiger charge is -2.08. The van der Waals surface area contributed by atoms with E-state index < -0.39 is 22.0 Å². The molecule has 3 aromatic rings. The molecule has 0 fully saturated rings. The summed E-state index contributed by atoms with van der Waals surface area (Å²) in [6.07, 6.45) is 1.22. The molecule has 1 heterocycles. The summed E-state index contributed by atoms with van der Waals surface area (Å²) in [6.45, 7) is 0. The lowest BCUT2D eigenvalue weighted by Crippen LogP contribution is -2.13. The molecule has 0 aliphatic heterocycles. The van der Waals surface area contributed by atoms with Crippen molar-refractivity contribution in [3.05, 3.63) is 65.9 Å². The van der Waals surface area contributed by atoms with Gasteiger partial charge in [-0.3, -0.25) is 0 Å². The molecule has 0 saturated carbocycles. The maximum Gasteiger partial charge on any atom is 0.340 e. The van der Waals surface area contributed by atoms with Gasteiger partial charge >= 0.3 is 11.9 Å². The van der Waals surface area contributed by atoms with Crippen molar-refractivity contribution in [2.45, 2.75) is 4.90 Å². The fourth-order valence-electron chi connectivity index (χ4n) is 2.64. The minimum absolute atomic E-state index is 0.0995. The Morgan fingerprint density at radius 3 is 2.31 bits per heavy atom. The van der Waals surface area contributed by atoms with Crippen molar-refractivity contribution in [3.63, 3.8) is 0 Å². The molecule has 8 heteroatoms. The molecule has 0 N–H and O–H groups in total. The molecule has 134 valence electrons. The van der Waals surface area contributed by atoms with Gasteiger partial charge in [0.25, 0.3) is 10.0 Å². The zero-order valence-corrected chi connectivity index (χ0v) is 14.8. The van der Waals surface area contributed by atoms with Crippen molar-refractivity contribution < 1.29 is 27.5 Å². The van der Waals surface area contributed by atoms with Crippen LogP contribution in [0.2, 0.25) is 0 Å². The van der Waals surface area contributed by atoms with E-state index in [4.69, 9.17) is 4.74 Å². The molecule has 0 aliphatic rings. The van der Waals surface area contributed by atoms with Gasteiger partial charge in [-0.2, -0.15) is 0 Å². The van der Waals surface area contributed by atoms with Crippen molar-refractivity contribution in [2.75, 3.05) is 14.2 Å². The van der Waals surface area contributed by atoms with Gasteiger partial charge in [0.2, 0.25) is 0 Å². The number of hydrogen-bond acceptors (Lipinski definition) is 6.